The van der Waals surface area contributed by atoms with Crippen LogP contribution in [0.25, 0.3) is 0 Å². The molecule has 0 saturated carbocycles. The van der Waals surface area contributed by atoms with E-state index in [0.717, 1.165) is 6.92 Å². The van der Waals surface area contributed by atoms with E-state index in [9.17, 15) is 22.4 Å². The molecule has 0 spiro atoms. The second-order valence-corrected chi connectivity index (χ2v) is 2.43. The molecule has 0 rings (SSSR count). The first kappa shape index (κ1) is 13.9. The Labute approximate surface area is 83.1 Å². The predicted molar refractivity (Wildman–Crippen MR) is 39.9 cm³/mol. The number of carbonyl (C=O) groups is 1. The molecule has 0 aliphatic carbocycles. The summed E-state index contributed by atoms with van der Waals surface area (Å²) in [6.45, 7) is -1.33. The van der Waals surface area contributed by atoms with Crippen molar-refractivity contribution in [2.24, 2.45) is 0 Å². The third kappa shape index (κ3) is 10.9. The van der Waals surface area contributed by atoms with Gasteiger partial charge in [-0.2, -0.15) is 13.2 Å². The molecule has 0 fully saturated rings. The molecule has 0 N–H and O–H groups in total. The summed E-state index contributed by atoms with van der Waals surface area (Å²) in [6, 6.07) is 0. The maximum absolute atomic E-state index is 12.0. The molecule has 0 radical (unpaired) electrons. The van der Waals surface area contributed by atoms with Crippen molar-refractivity contribution in [3.8, 4) is 0 Å². The van der Waals surface area contributed by atoms with E-state index < -0.39 is 38.5 Å². The zero-order valence-electron chi connectivity index (χ0n) is 7.84. The SMILES string of the molecule is CC(F)OC(=O)OCCOCC(F)(F)F. The van der Waals surface area contributed by atoms with Crippen LogP contribution < -0.4 is 0 Å². The average molecular weight is 234 g/mol. The van der Waals surface area contributed by atoms with E-state index in [1.165, 1.54) is 0 Å². The van der Waals surface area contributed by atoms with Crippen molar-refractivity contribution in [3.05, 3.63) is 0 Å². The lowest BCUT2D eigenvalue weighted by Gasteiger charge is -2.08. The molecule has 0 aromatic carbocycles. The van der Waals surface area contributed by atoms with Crippen molar-refractivity contribution in [2.75, 3.05) is 19.8 Å². The van der Waals surface area contributed by atoms with Gasteiger partial charge in [-0.25, -0.2) is 9.18 Å². The zero-order chi connectivity index (χ0) is 11.9. The topological polar surface area (TPSA) is 44.8 Å². The first-order valence-corrected chi connectivity index (χ1v) is 3.93. The molecule has 0 aliphatic rings. The fourth-order valence-electron chi connectivity index (χ4n) is 0.538. The zero-order valence-corrected chi connectivity index (χ0v) is 7.84. The molecule has 4 nitrogen and oxygen atoms in total. The highest BCUT2D eigenvalue weighted by atomic mass is 19.4. The minimum atomic E-state index is -4.42. The van der Waals surface area contributed by atoms with Gasteiger partial charge in [0.15, 0.2) is 0 Å². The summed E-state index contributed by atoms with van der Waals surface area (Å²) in [5.74, 6) is 0. The molecular formula is C7H10F4O4. The molecule has 0 heterocycles. The van der Waals surface area contributed by atoms with Crippen LogP contribution in [0.3, 0.4) is 0 Å². The fourth-order valence-corrected chi connectivity index (χ4v) is 0.538. The van der Waals surface area contributed by atoms with Crippen molar-refractivity contribution in [3.63, 3.8) is 0 Å². The van der Waals surface area contributed by atoms with E-state index in [1.807, 2.05) is 0 Å². The molecule has 0 aromatic heterocycles. The smallest absolute Gasteiger partial charge is 0.432 e. The molecule has 1 unspecified atom stereocenters. The molecule has 0 amide bonds. The molecule has 1 atom stereocenters. The van der Waals surface area contributed by atoms with Gasteiger partial charge in [0, 0.05) is 6.92 Å². The second kappa shape index (κ2) is 6.44. The van der Waals surface area contributed by atoms with E-state index in [2.05, 4.69) is 14.2 Å². The maximum atomic E-state index is 12.0. The third-order valence-corrected chi connectivity index (χ3v) is 0.972. The largest absolute Gasteiger partial charge is 0.510 e. The van der Waals surface area contributed by atoms with Crippen molar-refractivity contribution in [1.29, 1.82) is 0 Å². The molecule has 0 aliphatic heterocycles. The Morgan fingerprint density at radius 2 is 1.93 bits per heavy atom. The van der Waals surface area contributed by atoms with Gasteiger partial charge in [-0.05, 0) is 0 Å². The molecular weight excluding hydrogens is 224 g/mol. The normalized spacial score (nSPS) is 13.4. The van der Waals surface area contributed by atoms with Gasteiger partial charge in [-0.3, -0.25) is 0 Å². The number of carbonyl (C=O) groups excluding carboxylic acids is 1. The highest BCUT2D eigenvalue weighted by Crippen LogP contribution is 2.14. The van der Waals surface area contributed by atoms with E-state index >= 15 is 0 Å². The lowest BCUT2D eigenvalue weighted by Crippen LogP contribution is -2.20. The first-order valence-electron chi connectivity index (χ1n) is 3.93. The van der Waals surface area contributed by atoms with Crippen LogP contribution in [0.4, 0.5) is 22.4 Å². The van der Waals surface area contributed by atoms with Gasteiger partial charge in [0.2, 0.25) is 6.36 Å². The molecule has 0 bridgehead atoms. The maximum Gasteiger partial charge on any atom is 0.510 e. The molecule has 8 heteroatoms. The number of hydrogen-bond acceptors (Lipinski definition) is 4. The van der Waals surface area contributed by atoms with Crippen LogP contribution in [0, 0.1) is 0 Å². The van der Waals surface area contributed by atoms with Crippen molar-refractivity contribution >= 4 is 6.16 Å². The number of alkyl halides is 4. The average Bonchev–Trinajstić information content (AvgIpc) is 1.99. The van der Waals surface area contributed by atoms with Gasteiger partial charge in [-0.15, -0.1) is 0 Å². The first-order chi connectivity index (χ1) is 6.81. The Morgan fingerprint density at radius 1 is 1.33 bits per heavy atom. The lowest BCUT2D eigenvalue weighted by atomic mass is 10.7. The Bertz CT molecular complexity index is 192. The number of rotatable bonds is 5. The second-order valence-electron chi connectivity index (χ2n) is 2.43. The van der Waals surface area contributed by atoms with Crippen molar-refractivity contribution in [2.45, 2.75) is 19.5 Å². The summed E-state index contributed by atoms with van der Waals surface area (Å²) >= 11 is 0. The van der Waals surface area contributed by atoms with Crippen LogP contribution in [0.2, 0.25) is 0 Å². The minimum absolute atomic E-state index is 0.429. The van der Waals surface area contributed by atoms with Gasteiger partial charge in [-0.1, -0.05) is 0 Å². The van der Waals surface area contributed by atoms with E-state index in [4.69, 9.17) is 0 Å². The van der Waals surface area contributed by atoms with Crippen LogP contribution in [0.5, 0.6) is 0 Å². The Kier molecular flexibility index (Phi) is 5.99. The monoisotopic (exact) mass is 234 g/mol. The van der Waals surface area contributed by atoms with Gasteiger partial charge in [0.1, 0.15) is 13.2 Å². The highest BCUT2D eigenvalue weighted by Gasteiger charge is 2.27. The summed E-state index contributed by atoms with van der Waals surface area (Å²) in [7, 11) is 0. The van der Waals surface area contributed by atoms with E-state index in [0.29, 0.717) is 0 Å². The summed E-state index contributed by atoms with van der Waals surface area (Å²) in [5.41, 5.74) is 0. The molecule has 0 aromatic rings. The van der Waals surface area contributed by atoms with Gasteiger partial charge in [0.25, 0.3) is 0 Å². The summed E-state index contributed by atoms with van der Waals surface area (Å²) < 4.78 is 58.7. The van der Waals surface area contributed by atoms with Crippen LogP contribution in [0.1, 0.15) is 6.92 Å². The predicted octanol–water partition coefficient (Wildman–Crippen LogP) is 2.03. The van der Waals surface area contributed by atoms with Crippen LogP contribution in [-0.4, -0.2) is 38.5 Å². The quantitative estimate of drug-likeness (QED) is 0.415. The van der Waals surface area contributed by atoms with Crippen molar-refractivity contribution in [1.82, 2.24) is 0 Å². The summed E-state index contributed by atoms with van der Waals surface area (Å²) in [5, 5.41) is 0. The minimum Gasteiger partial charge on any atom is -0.432 e. The lowest BCUT2D eigenvalue weighted by molar-refractivity contribution is -0.175. The van der Waals surface area contributed by atoms with E-state index in [1.54, 1.807) is 0 Å². The van der Waals surface area contributed by atoms with Gasteiger partial charge in [0.05, 0.1) is 6.61 Å². The van der Waals surface area contributed by atoms with Crippen LogP contribution >= 0.6 is 0 Å². The number of hydrogen-bond donors (Lipinski definition) is 0. The number of ether oxygens (including phenoxy) is 3. The Hall–Kier alpha value is -1.05. The Morgan fingerprint density at radius 3 is 2.40 bits per heavy atom. The Balaban J connectivity index is 3.35. The molecule has 90 valence electrons. The molecule has 0 saturated heterocycles. The van der Waals surface area contributed by atoms with E-state index in [-0.39, 0.29) is 0 Å². The number of halogens is 4. The highest BCUT2D eigenvalue weighted by molar-refractivity contribution is 5.59. The molecule has 15 heavy (non-hydrogen) atoms. The standard InChI is InChI=1S/C7H10F4O4/c1-5(8)15-6(12)14-3-2-13-4-7(9,10)11/h5H,2-4H2,1H3. The van der Waals surface area contributed by atoms with Crippen LogP contribution in [0.15, 0.2) is 0 Å². The van der Waals surface area contributed by atoms with Crippen molar-refractivity contribution < 1.29 is 36.6 Å². The van der Waals surface area contributed by atoms with Gasteiger partial charge >= 0.3 is 12.3 Å². The van der Waals surface area contributed by atoms with Gasteiger partial charge < -0.3 is 14.2 Å². The summed E-state index contributed by atoms with van der Waals surface area (Å²) in [6.07, 6.45) is -7.54. The summed E-state index contributed by atoms with van der Waals surface area (Å²) in [4.78, 5) is 10.5. The van der Waals surface area contributed by atoms with Crippen LogP contribution in [-0.2, 0) is 14.2 Å². The third-order valence-electron chi connectivity index (χ3n) is 0.972. The fraction of sp³-hybridized carbons (Fsp3) is 0.857.